The molecular weight excluding hydrogens is 280 g/mol. The number of rotatable bonds is 6. The molecule has 1 amide bonds. The minimum absolute atomic E-state index is 0. The second-order valence-corrected chi connectivity index (χ2v) is 5.97. The molecule has 0 radical (unpaired) electrons. The van der Waals surface area contributed by atoms with Gasteiger partial charge in [-0.1, -0.05) is 32.0 Å². The lowest BCUT2D eigenvalue weighted by molar-refractivity contribution is -0.120. The summed E-state index contributed by atoms with van der Waals surface area (Å²) in [6, 6.07) is 9.91. The summed E-state index contributed by atoms with van der Waals surface area (Å²) in [5.41, 5.74) is 5.42. The van der Waals surface area contributed by atoms with Gasteiger partial charge in [-0.25, -0.2) is 0 Å². The van der Waals surface area contributed by atoms with Gasteiger partial charge in [-0.15, -0.1) is 24.2 Å². The van der Waals surface area contributed by atoms with Crippen LogP contribution >= 0.6 is 24.2 Å². The van der Waals surface area contributed by atoms with E-state index in [9.17, 15) is 4.79 Å². The zero-order valence-corrected chi connectivity index (χ0v) is 13.3. The number of hydrogen-bond donors (Lipinski definition) is 2. The lowest BCUT2D eigenvalue weighted by Gasteiger charge is -2.33. The molecule has 0 heterocycles. The van der Waals surface area contributed by atoms with Gasteiger partial charge in [-0.2, -0.15) is 0 Å². The highest BCUT2D eigenvalue weighted by Gasteiger charge is 2.28. The molecule has 3 nitrogen and oxygen atoms in total. The van der Waals surface area contributed by atoms with Crippen molar-refractivity contribution in [2.24, 2.45) is 11.7 Å². The maximum absolute atomic E-state index is 11.9. The first-order valence-corrected chi connectivity index (χ1v) is 7.15. The van der Waals surface area contributed by atoms with E-state index in [2.05, 4.69) is 19.2 Å². The number of carbonyl (C=O) groups is 1. The smallest absolute Gasteiger partial charge is 0.230 e. The number of nitrogens with two attached hydrogens (primary N) is 1. The van der Waals surface area contributed by atoms with Gasteiger partial charge in [0.05, 0.1) is 11.3 Å². The molecule has 0 aliphatic rings. The number of nitrogens with one attached hydrogen (secondary N) is 1. The molecule has 108 valence electrons. The average molecular weight is 303 g/mol. The van der Waals surface area contributed by atoms with E-state index in [1.165, 1.54) is 11.8 Å². The van der Waals surface area contributed by atoms with E-state index in [1.54, 1.807) is 0 Å². The predicted octanol–water partition coefficient (Wildman–Crippen LogP) is 2.69. The van der Waals surface area contributed by atoms with Crippen LogP contribution in [0.5, 0.6) is 0 Å². The molecule has 1 aromatic rings. The molecule has 0 fully saturated rings. The molecule has 0 aliphatic heterocycles. The number of thioether (sulfide) groups is 1. The summed E-state index contributed by atoms with van der Waals surface area (Å²) in [4.78, 5) is 13.0. The van der Waals surface area contributed by atoms with Gasteiger partial charge in [0, 0.05) is 11.4 Å². The fourth-order valence-corrected chi connectivity index (χ4v) is 2.17. The molecular formula is C14H23ClN2OS. The van der Waals surface area contributed by atoms with E-state index >= 15 is 0 Å². The Hall–Kier alpha value is -0.710. The van der Waals surface area contributed by atoms with Gasteiger partial charge in [0.1, 0.15) is 0 Å². The van der Waals surface area contributed by atoms with E-state index < -0.39 is 0 Å². The third-order valence-corrected chi connectivity index (χ3v) is 4.25. The van der Waals surface area contributed by atoms with E-state index in [1.807, 2.05) is 37.3 Å². The van der Waals surface area contributed by atoms with Crippen molar-refractivity contribution in [2.45, 2.75) is 31.2 Å². The molecule has 1 rings (SSSR count). The molecule has 0 spiro atoms. The molecule has 19 heavy (non-hydrogen) atoms. The first kappa shape index (κ1) is 18.3. The Kier molecular flexibility index (Phi) is 8.14. The quantitative estimate of drug-likeness (QED) is 0.794. The average Bonchev–Trinajstić information content (AvgIpc) is 2.37. The monoisotopic (exact) mass is 302 g/mol. The maximum atomic E-state index is 11.9. The molecule has 1 aromatic carbocycles. The lowest BCUT2D eigenvalue weighted by Crippen LogP contribution is -2.55. The van der Waals surface area contributed by atoms with Crippen molar-refractivity contribution < 1.29 is 4.79 Å². The SMILES string of the molecule is CC(C)C(C)(CN)NC(=O)CSc1ccccc1.Cl. The van der Waals surface area contributed by atoms with Crippen LogP contribution in [0, 0.1) is 5.92 Å². The van der Waals surface area contributed by atoms with Crippen molar-refractivity contribution in [3.63, 3.8) is 0 Å². The van der Waals surface area contributed by atoms with Crippen molar-refractivity contribution in [1.82, 2.24) is 5.32 Å². The Morgan fingerprint density at radius 2 is 1.95 bits per heavy atom. The van der Waals surface area contributed by atoms with Crippen LogP contribution < -0.4 is 11.1 Å². The Morgan fingerprint density at radius 1 is 1.37 bits per heavy atom. The number of halogens is 1. The Morgan fingerprint density at radius 3 is 2.42 bits per heavy atom. The summed E-state index contributed by atoms with van der Waals surface area (Å²) in [5.74, 6) is 0.769. The molecule has 3 N–H and O–H groups in total. The number of hydrogen-bond acceptors (Lipinski definition) is 3. The lowest BCUT2D eigenvalue weighted by atomic mass is 9.88. The van der Waals surface area contributed by atoms with Crippen molar-refractivity contribution in [1.29, 1.82) is 0 Å². The second kappa shape index (κ2) is 8.46. The van der Waals surface area contributed by atoms with Gasteiger partial charge >= 0.3 is 0 Å². The van der Waals surface area contributed by atoms with Crippen LogP contribution in [0.2, 0.25) is 0 Å². The van der Waals surface area contributed by atoms with Gasteiger partial charge in [-0.05, 0) is 25.0 Å². The fraction of sp³-hybridized carbons (Fsp3) is 0.500. The summed E-state index contributed by atoms with van der Waals surface area (Å²) in [6.07, 6.45) is 0. The maximum Gasteiger partial charge on any atom is 0.230 e. The van der Waals surface area contributed by atoms with E-state index in [4.69, 9.17) is 5.73 Å². The molecule has 5 heteroatoms. The topological polar surface area (TPSA) is 55.1 Å². The number of benzene rings is 1. The predicted molar refractivity (Wildman–Crippen MR) is 84.9 cm³/mol. The third kappa shape index (κ3) is 5.85. The van der Waals surface area contributed by atoms with Crippen molar-refractivity contribution in [2.75, 3.05) is 12.3 Å². The van der Waals surface area contributed by atoms with Gasteiger partial charge < -0.3 is 11.1 Å². The highest BCUT2D eigenvalue weighted by molar-refractivity contribution is 8.00. The van der Waals surface area contributed by atoms with Crippen molar-refractivity contribution >= 4 is 30.1 Å². The van der Waals surface area contributed by atoms with E-state index in [0.717, 1.165) is 4.90 Å². The van der Waals surface area contributed by atoms with E-state index in [-0.39, 0.29) is 23.9 Å². The minimum atomic E-state index is -0.325. The van der Waals surface area contributed by atoms with Crippen LogP contribution in [-0.4, -0.2) is 23.7 Å². The van der Waals surface area contributed by atoms with Crippen LogP contribution in [0.25, 0.3) is 0 Å². The molecule has 0 saturated heterocycles. The van der Waals surface area contributed by atoms with Gasteiger partial charge in [0.15, 0.2) is 0 Å². The Bertz CT molecular complexity index is 386. The minimum Gasteiger partial charge on any atom is -0.349 e. The first-order valence-electron chi connectivity index (χ1n) is 6.17. The standard InChI is InChI=1S/C14H22N2OS.ClH/c1-11(2)14(3,10-15)16-13(17)9-18-12-7-5-4-6-8-12;/h4-8,11H,9-10,15H2,1-3H3,(H,16,17);1H. The van der Waals surface area contributed by atoms with Gasteiger partial charge in [-0.3, -0.25) is 4.79 Å². The van der Waals surface area contributed by atoms with Crippen LogP contribution in [0.3, 0.4) is 0 Å². The Balaban J connectivity index is 0.00000324. The summed E-state index contributed by atoms with van der Waals surface area (Å²) in [5, 5.41) is 3.03. The van der Waals surface area contributed by atoms with Crippen molar-refractivity contribution in [3.05, 3.63) is 30.3 Å². The van der Waals surface area contributed by atoms with Gasteiger partial charge in [0.25, 0.3) is 0 Å². The fourth-order valence-electron chi connectivity index (χ4n) is 1.45. The second-order valence-electron chi connectivity index (χ2n) is 4.93. The van der Waals surface area contributed by atoms with Crippen LogP contribution in [-0.2, 0) is 4.79 Å². The third-order valence-electron chi connectivity index (χ3n) is 3.24. The largest absolute Gasteiger partial charge is 0.349 e. The number of carbonyl (C=O) groups excluding carboxylic acids is 1. The summed E-state index contributed by atoms with van der Waals surface area (Å²) < 4.78 is 0. The van der Waals surface area contributed by atoms with E-state index in [0.29, 0.717) is 18.2 Å². The summed E-state index contributed by atoms with van der Waals surface area (Å²) in [7, 11) is 0. The molecule has 0 saturated carbocycles. The molecule has 0 aliphatic carbocycles. The summed E-state index contributed by atoms with van der Waals surface area (Å²) in [6.45, 7) is 6.57. The molecule has 1 unspecified atom stereocenters. The zero-order valence-electron chi connectivity index (χ0n) is 11.7. The molecule has 0 bridgehead atoms. The number of amides is 1. The summed E-state index contributed by atoms with van der Waals surface area (Å²) >= 11 is 1.54. The van der Waals surface area contributed by atoms with Crippen LogP contribution in [0.15, 0.2) is 35.2 Å². The highest BCUT2D eigenvalue weighted by atomic mass is 35.5. The Labute approximate surface area is 126 Å². The highest BCUT2D eigenvalue weighted by Crippen LogP contribution is 2.18. The van der Waals surface area contributed by atoms with Crippen molar-refractivity contribution in [3.8, 4) is 0 Å². The van der Waals surface area contributed by atoms with Crippen LogP contribution in [0.1, 0.15) is 20.8 Å². The molecule has 0 aromatic heterocycles. The first-order chi connectivity index (χ1) is 8.48. The van der Waals surface area contributed by atoms with Gasteiger partial charge in [0.2, 0.25) is 5.91 Å². The zero-order chi connectivity index (χ0) is 13.6. The normalized spacial score (nSPS) is 13.5. The van der Waals surface area contributed by atoms with Crippen LogP contribution in [0.4, 0.5) is 0 Å². The molecule has 1 atom stereocenters.